The lowest BCUT2D eigenvalue weighted by atomic mass is 10.1. The van der Waals surface area contributed by atoms with E-state index in [4.69, 9.17) is 5.73 Å². The molecule has 0 aliphatic carbocycles. The third-order valence-electron chi connectivity index (χ3n) is 2.74. The van der Waals surface area contributed by atoms with Crippen LogP contribution in [0.25, 0.3) is 0 Å². The van der Waals surface area contributed by atoms with Gasteiger partial charge >= 0.3 is 0 Å². The minimum absolute atomic E-state index is 0.528. The van der Waals surface area contributed by atoms with Crippen molar-refractivity contribution in [2.45, 2.75) is 50.6 Å². The third kappa shape index (κ3) is 6.10. The Balaban J connectivity index is 2.20. The summed E-state index contributed by atoms with van der Waals surface area (Å²) >= 11 is 1.51. The number of rotatable bonds is 9. The van der Waals surface area contributed by atoms with E-state index in [0.717, 1.165) is 17.5 Å². The van der Waals surface area contributed by atoms with Crippen molar-refractivity contribution in [2.24, 2.45) is 0 Å². The molecule has 0 aromatic carbocycles. The van der Waals surface area contributed by atoms with E-state index in [2.05, 4.69) is 22.2 Å². The first kappa shape index (κ1) is 15.1. The molecule has 0 unspecified atom stereocenters. The van der Waals surface area contributed by atoms with Crippen LogP contribution in [0.15, 0.2) is 11.2 Å². The molecule has 1 aromatic heterocycles. The van der Waals surface area contributed by atoms with E-state index in [1.165, 1.54) is 50.3 Å². The van der Waals surface area contributed by atoms with Crippen LogP contribution in [0.2, 0.25) is 0 Å². The second kappa shape index (κ2) is 9.03. The first-order valence-corrected chi connectivity index (χ1v) is 7.91. The Morgan fingerprint density at radius 1 is 1.17 bits per heavy atom. The van der Waals surface area contributed by atoms with Crippen molar-refractivity contribution in [1.82, 2.24) is 9.97 Å². The van der Waals surface area contributed by atoms with Gasteiger partial charge in [0.25, 0.3) is 0 Å². The molecule has 1 rings (SSSR count). The number of unbranched alkanes of at least 4 members (excludes halogenated alkanes) is 5. The van der Waals surface area contributed by atoms with Crippen LogP contribution in [0.3, 0.4) is 0 Å². The Morgan fingerprint density at radius 3 is 2.61 bits per heavy atom. The van der Waals surface area contributed by atoms with Gasteiger partial charge < -0.3 is 11.1 Å². The predicted molar refractivity (Wildman–Crippen MR) is 80.1 cm³/mol. The van der Waals surface area contributed by atoms with Crippen molar-refractivity contribution in [1.29, 1.82) is 0 Å². The number of hydrogen-bond donors (Lipinski definition) is 2. The summed E-state index contributed by atoms with van der Waals surface area (Å²) in [6.07, 6.45) is 9.76. The van der Waals surface area contributed by atoms with Crippen molar-refractivity contribution >= 4 is 23.4 Å². The molecule has 18 heavy (non-hydrogen) atoms. The molecule has 0 spiro atoms. The highest BCUT2D eigenvalue weighted by atomic mass is 32.2. The van der Waals surface area contributed by atoms with Gasteiger partial charge in [-0.15, -0.1) is 0 Å². The average molecular weight is 268 g/mol. The van der Waals surface area contributed by atoms with Crippen LogP contribution in [0.5, 0.6) is 0 Å². The third-order valence-corrected chi connectivity index (χ3v) is 3.29. The van der Waals surface area contributed by atoms with Gasteiger partial charge in [-0.05, 0) is 12.7 Å². The van der Waals surface area contributed by atoms with Gasteiger partial charge in [0.2, 0.25) is 0 Å². The molecule has 102 valence electrons. The molecule has 0 aliphatic rings. The lowest BCUT2D eigenvalue weighted by Crippen LogP contribution is -2.05. The zero-order chi connectivity index (χ0) is 13.2. The van der Waals surface area contributed by atoms with Crippen LogP contribution in [-0.2, 0) is 0 Å². The standard InChI is InChI=1S/C13H24N4S/c1-3-4-5-6-7-8-9-15-12-10-11(14)16-13(17-12)18-2/h10H,3-9H2,1-2H3,(H3,14,15,16,17). The molecule has 3 N–H and O–H groups in total. The molecule has 1 heterocycles. The van der Waals surface area contributed by atoms with Gasteiger partial charge in [0.15, 0.2) is 5.16 Å². The number of aromatic nitrogens is 2. The maximum Gasteiger partial charge on any atom is 0.191 e. The summed E-state index contributed by atoms with van der Waals surface area (Å²) < 4.78 is 0. The molecule has 1 aromatic rings. The van der Waals surface area contributed by atoms with Crippen LogP contribution < -0.4 is 11.1 Å². The van der Waals surface area contributed by atoms with Gasteiger partial charge in [-0.1, -0.05) is 50.8 Å². The van der Waals surface area contributed by atoms with E-state index < -0.39 is 0 Å². The second-order valence-electron chi connectivity index (χ2n) is 4.36. The molecular formula is C13H24N4S. The molecule has 0 saturated carbocycles. The number of thioether (sulfide) groups is 1. The molecule has 0 bridgehead atoms. The number of nitrogens with one attached hydrogen (secondary N) is 1. The quantitative estimate of drug-likeness (QED) is 0.407. The number of anilines is 2. The second-order valence-corrected chi connectivity index (χ2v) is 5.13. The lowest BCUT2D eigenvalue weighted by Gasteiger charge is -2.07. The van der Waals surface area contributed by atoms with Crippen LogP contribution in [0.4, 0.5) is 11.6 Å². The fourth-order valence-electron chi connectivity index (χ4n) is 1.75. The van der Waals surface area contributed by atoms with E-state index in [0.29, 0.717) is 5.82 Å². The minimum Gasteiger partial charge on any atom is -0.383 e. The van der Waals surface area contributed by atoms with Crippen molar-refractivity contribution in [3.63, 3.8) is 0 Å². The van der Waals surface area contributed by atoms with Gasteiger partial charge in [0, 0.05) is 12.6 Å². The molecule has 0 aliphatic heterocycles. The van der Waals surface area contributed by atoms with E-state index in [-0.39, 0.29) is 0 Å². The Hall–Kier alpha value is -0.970. The van der Waals surface area contributed by atoms with Crippen molar-refractivity contribution in [3.05, 3.63) is 6.07 Å². The highest BCUT2D eigenvalue weighted by Gasteiger charge is 2.00. The van der Waals surface area contributed by atoms with Crippen LogP contribution in [0, 0.1) is 0 Å². The Morgan fingerprint density at radius 2 is 1.89 bits per heavy atom. The van der Waals surface area contributed by atoms with E-state index in [1.54, 1.807) is 6.07 Å². The molecule has 0 radical (unpaired) electrons. The normalized spacial score (nSPS) is 10.6. The minimum atomic E-state index is 0.528. The van der Waals surface area contributed by atoms with Gasteiger partial charge in [-0.25, -0.2) is 9.97 Å². The van der Waals surface area contributed by atoms with Crippen molar-refractivity contribution in [2.75, 3.05) is 23.9 Å². The molecule has 0 atom stereocenters. The zero-order valence-corrected chi connectivity index (χ0v) is 12.2. The van der Waals surface area contributed by atoms with Crippen molar-refractivity contribution < 1.29 is 0 Å². The summed E-state index contributed by atoms with van der Waals surface area (Å²) in [4.78, 5) is 8.48. The zero-order valence-electron chi connectivity index (χ0n) is 11.4. The number of nitrogens with zero attached hydrogens (tertiary/aromatic N) is 2. The molecule has 4 nitrogen and oxygen atoms in total. The molecule has 0 fully saturated rings. The smallest absolute Gasteiger partial charge is 0.191 e. The molecular weight excluding hydrogens is 244 g/mol. The Kier molecular flexibility index (Phi) is 7.57. The molecule has 0 saturated heterocycles. The maximum absolute atomic E-state index is 5.72. The summed E-state index contributed by atoms with van der Waals surface area (Å²) in [6, 6.07) is 1.79. The summed E-state index contributed by atoms with van der Waals surface area (Å²) in [6.45, 7) is 3.20. The van der Waals surface area contributed by atoms with Crippen molar-refractivity contribution in [3.8, 4) is 0 Å². The SMILES string of the molecule is CCCCCCCCNc1cc(N)nc(SC)n1. The van der Waals surface area contributed by atoms with Crippen LogP contribution in [-0.4, -0.2) is 22.8 Å². The molecule has 5 heteroatoms. The fraction of sp³-hybridized carbons (Fsp3) is 0.692. The van der Waals surface area contributed by atoms with Gasteiger partial charge in [0.05, 0.1) is 0 Å². The summed E-state index contributed by atoms with van der Waals surface area (Å²) in [5.74, 6) is 1.36. The Bertz CT molecular complexity index is 344. The highest BCUT2D eigenvalue weighted by Crippen LogP contribution is 2.15. The Labute approximate surface area is 114 Å². The molecule has 0 amide bonds. The van der Waals surface area contributed by atoms with Gasteiger partial charge in [0.1, 0.15) is 11.6 Å². The summed E-state index contributed by atoms with van der Waals surface area (Å²) in [5, 5.41) is 4.03. The van der Waals surface area contributed by atoms with Crippen LogP contribution >= 0.6 is 11.8 Å². The lowest BCUT2D eigenvalue weighted by molar-refractivity contribution is 0.616. The van der Waals surface area contributed by atoms with E-state index in [9.17, 15) is 0 Å². The first-order valence-electron chi connectivity index (χ1n) is 6.68. The maximum atomic E-state index is 5.72. The van der Waals surface area contributed by atoms with Gasteiger partial charge in [-0.3, -0.25) is 0 Å². The predicted octanol–water partition coefficient (Wildman–Crippen LogP) is 3.55. The first-order chi connectivity index (χ1) is 8.76. The van der Waals surface area contributed by atoms with E-state index >= 15 is 0 Å². The topological polar surface area (TPSA) is 63.8 Å². The largest absolute Gasteiger partial charge is 0.383 e. The van der Waals surface area contributed by atoms with Crippen LogP contribution in [0.1, 0.15) is 45.4 Å². The fourth-order valence-corrected chi connectivity index (χ4v) is 2.13. The summed E-state index contributed by atoms with van der Waals surface area (Å²) in [7, 11) is 0. The summed E-state index contributed by atoms with van der Waals surface area (Å²) in [5.41, 5.74) is 5.72. The number of nitrogens with two attached hydrogens (primary N) is 1. The number of hydrogen-bond acceptors (Lipinski definition) is 5. The average Bonchev–Trinajstić information content (AvgIpc) is 2.37. The van der Waals surface area contributed by atoms with Gasteiger partial charge in [-0.2, -0.15) is 0 Å². The highest BCUT2D eigenvalue weighted by molar-refractivity contribution is 7.98. The number of nitrogen functional groups attached to an aromatic ring is 1. The van der Waals surface area contributed by atoms with E-state index in [1.807, 2.05) is 6.26 Å². The monoisotopic (exact) mass is 268 g/mol.